The van der Waals surface area contributed by atoms with Crippen LogP contribution in [0, 0.1) is 11.3 Å². The Morgan fingerprint density at radius 3 is 2.50 bits per heavy atom. The van der Waals surface area contributed by atoms with Gasteiger partial charge in [0.15, 0.2) is 0 Å². The molecule has 0 fully saturated rings. The van der Waals surface area contributed by atoms with Gasteiger partial charge in [-0.25, -0.2) is 0 Å². The average Bonchev–Trinajstić information content (AvgIpc) is 1.89. The minimum atomic E-state index is -0.602. The van der Waals surface area contributed by atoms with E-state index in [9.17, 15) is 0 Å². The Balaban J connectivity index is 3.40. The van der Waals surface area contributed by atoms with Gasteiger partial charge in [0, 0.05) is 6.61 Å². The first kappa shape index (κ1) is 9.45. The largest absolute Gasteiger partial charge is 0.361 e. The van der Waals surface area contributed by atoms with E-state index in [4.69, 9.17) is 10.00 Å². The molecule has 0 spiro atoms. The summed E-state index contributed by atoms with van der Waals surface area (Å²) in [7, 11) is 0. The third-order valence-electron chi connectivity index (χ3n) is 1.23. The van der Waals surface area contributed by atoms with Crippen LogP contribution in [0.2, 0.25) is 0 Å². The lowest BCUT2D eigenvalue weighted by molar-refractivity contribution is 0.0239. The second-order valence-corrected chi connectivity index (χ2v) is 2.82. The highest BCUT2D eigenvalue weighted by Gasteiger charge is 2.15. The number of hydrogen-bond acceptors (Lipinski definition) is 2. The quantitative estimate of drug-likeness (QED) is 0.562. The molecule has 0 unspecified atom stereocenters. The third kappa shape index (κ3) is 4.34. The van der Waals surface area contributed by atoms with Gasteiger partial charge in [-0.1, -0.05) is 13.3 Å². The van der Waals surface area contributed by atoms with Gasteiger partial charge in [0.05, 0.1) is 6.07 Å². The molecule has 0 bridgehead atoms. The van der Waals surface area contributed by atoms with E-state index in [1.165, 1.54) is 0 Å². The molecule has 0 radical (unpaired) electrons. The number of unbranched alkanes of at least 4 members (excludes halogenated alkanes) is 1. The van der Waals surface area contributed by atoms with E-state index in [1.54, 1.807) is 13.8 Å². The topological polar surface area (TPSA) is 33.0 Å². The lowest BCUT2D eigenvalue weighted by Gasteiger charge is -2.15. The molecule has 0 atom stereocenters. The fourth-order valence-corrected chi connectivity index (χ4v) is 0.504. The van der Waals surface area contributed by atoms with E-state index < -0.39 is 5.60 Å². The van der Waals surface area contributed by atoms with Crippen molar-refractivity contribution in [1.29, 1.82) is 5.26 Å². The first-order chi connectivity index (χ1) is 4.62. The van der Waals surface area contributed by atoms with Crippen molar-refractivity contribution < 1.29 is 4.74 Å². The molecule has 0 aromatic carbocycles. The minimum absolute atomic E-state index is 0.602. The summed E-state index contributed by atoms with van der Waals surface area (Å²) in [5.74, 6) is 0. The normalized spacial score (nSPS) is 11.0. The van der Waals surface area contributed by atoms with Crippen molar-refractivity contribution in [1.82, 2.24) is 0 Å². The number of hydrogen-bond donors (Lipinski definition) is 0. The molecule has 0 aromatic rings. The van der Waals surface area contributed by atoms with Crippen LogP contribution in [0.15, 0.2) is 0 Å². The highest BCUT2D eigenvalue weighted by Crippen LogP contribution is 2.07. The number of ether oxygens (including phenoxy) is 1. The van der Waals surface area contributed by atoms with Crippen LogP contribution < -0.4 is 0 Å². The highest BCUT2D eigenvalue weighted by molar-refractivity contribution is 4.93. The zero-order valence-electron chi connectivity index (χ0n) is 6.98. The summed E-state index contributed by atoms with van der Waals surface area (Å²) >= 11 is 0. The molecule has 0 saturated heterocycles. The molecule has 2 nitrogen and oxygen atoms in total. The maximum Gasteiger partial charge on any atom is 0.148 e. The Morgan fingerprint density at radius 2 is 2.10 bits per heavy atom. The predicted octanol–water partition coefficient (Wildman–Crippen LogP) is 2.11. The lowest BCUT2D eigenvalue weighted by atomic mass is 10.2. The molecule has 0 aliphatic rings. The van der Waals surface area contributed by atoms with Crippen LogP contribution >= 0.6 is 0 Å². The van der Waals surface area contributed by atoms with Crippen LogP contribution in [0.5, 0.6) is 0 Å². The van der Waals surface area contributed by atoms with Gasteiger partial charge in [-0.05, 0) is 20.3 Å². The molecular weight excluding hydrogens is 126 g/mol. The van der Waals surface area contributed by atoms with Crippen molar-refractivity contribution in [2.75, 3.05) is 6.61 Å². The molecule has 58 valence electrons. The Bertz CT molecular complexity index is 124. The van der Waals surface area contributed by atoms with E-state index >= 15 is 0 Å². The second-order valence-electron chi connectivity index (χ2n) is 2.82. The number of rotatable bonds is 4. The summed E-state index contributed by atoms with van der Waals surface area (Å²) in [6, 6.07) is 2.08. The van der Waals surface area contributed by atoms with Crippen LogP contribution in [0.1, 0.15) is 33.6 Å². The van der Waals surface area contributed by atoms with Crippen molar-refractivity contribution in [2.24, 2.45) is 0 Å². The Morgan fingerprint density at radius 1 is 1.50 bits per heavy atom. The van der Waals surface area contributed by atoms with Crippen molar-refractivity contribution in [3.8, 4) is 6.07 Å². The summed E-state index contributed by atoms with van der Waals surface area (Å²) in [5, 5.41) is 8.52. The predicted molar refractivity (Wildman–Crippen MR) is 40.6 cm³/mol. The van der Waals surface area contributed by atoms with Crippen molar-refractivity contribution >= 4 is 0 Å². The molecule has 10 heavy (non-hydrogen) atoms. The number of nitrogens with zero attached hydrogens (tertiary/aromatic N) is 1. The van der Waals surface area contributed by atoms with Crippen LogP contribution in [0.25, 0.3) is 0 Å². The zero-order valence-corrected chi connectivity index (χ0v) is 6.98. The van der Waals surface area contributed by atoms with E-state index in [1.807, 2.05) is 0 Å². The molecule has 0 amide bonds. The summed E-state index contributed by atoms with van der Waals surface area (Å²) in [4.78, 5) is 0. The molecule has 0 heterocycles. The van der Waals surface area contributed by atoms with Gasteiger partial charge < -0.3 is 4.74 Å². The number of nitriles is 1. The highest BCUT2D eigenvalue weighted by atomic mass is 16.5. The van der Waals surface area contributed by atoms with E-state index in [-0.39, 0.29) is 0 Å². The van der Waals surface area contributed by atoms with Crippen LogP contribution in [-0.2, 0) is 4.74 Å². The van der Waals surface area contributed by atoms with Gasteiger partial charge in [0.25, 0.3) is 0 Å². The molecule has 0 rings (SSSR count). The summed E-state index contributed by atoms with van der Waals surface area (Å²) < 4.78 is 5.26. The van der Waals surface area contributed by atoms with Gasteiger partial charge in [0.1, 0.15) is 5.60 Å². The maximum absolute atomic E-state index is 8.52. The first-order valence-corrected chi connectivity index (χ1v) is 3.67. The molecule has 0 N–H and O–H groups in total. The van der Waals surface area contributed by atoms with Crippen LogP contribution in [0.4, 0.5) is 0 Å². The Hall–Kier alpha value is -0.550. The van der Waals surface area contributed by atoms with E-state index in [0.717, 1.165) is 12.8 Å². The van der Waals surface area contributed by atoms with Gasteiger partial charge in [-0.2, -0.15) is 5.26 Å². The SMILES string of the molecule is CCCCOC(C)(C)C#N. The van der Waals surface area contributed by atoms with Crippen molar-refractivity contribution in [3.05, 3.63) is 0 Å². The molecular formula is C8H15NO. The van der Waals surface area contributed by atoms with Crippen molar-refractivity contribution in [2.45, 2.75) is 39.2 Å². The standard InChI is InChI=1S/C8H15NO/c1-4-5-6-10-8(2,3)7-9/h4-6H2,1-3H3. The van der Waals surface area contributed by atoms with E-state index in [2.05, 4.69) is 13.0 Å². The van der Waals surface area contributed by atoms with Gasteiger partial charge >= 0.3 is 0 Å². The van der Waals surface area contributed by atoms with Gasteiger partial charge in [-0.15, -0.1) is 0 Å². The average molecular weight is 141 g/mol. The molecule has 2 heteroatoms. The smallest absolute Gasteiger partial charge is 0.148 e. The van der Waals surface area contributed by atoms with E-state index in [0.29, 0.717) is 6.61 Å². The summed E-state index contributed by atoms with van der Waals surface area (Å²) in [6.45, 7) is 6.35. The fourth-order valence-electron chi connectivity index (χ4n) is 0.504. The summed E-state index contributed by atoms with van der Waals surface area (Å²) in [6.07, 6.45) is 2.15. The molecule has 0 saturated carbocycles. The molecule has 0 aliphatic heterocycles. The van der Waals surface area contributed by atoms with Gasteiger partial charge in [0.2, 0.25) is 0 Å². The monoisotopic (exact) mass is 141 g/mol. The maximum atomic E-state index is 8.52. The third-order valence-corrected chi connectivity index (χ3v) is 1.23. The second kappa shape index (κ2) is 4.29. The van der Waals surface area contributed by atoms with Crippen LogP contribution in [-0.4, -0.2) is 12.2 Å². The van der Waals surface area contributed by atoms with Crippen LogP contribution in [0.3, 0.4) is 0 Å². The zero-order chi connectivity index (χ0) is 8.04. The van der Waals surface area contributed by atoms with Crippen molar-refractivity contribution in [3.63, 3.8) is 0 Å². The first-order valence-electron chi connectivity index (χ1n) is 3.67. The molecule has 0 aliphatic carbocycles. The summed E-state index contributed by atoms with van der Waals surface area (Å²) in [5.41, 5.74) is -0.602. The fraction of sp³-hybridized carbons (Fsp3) is 0.875. The van der Waals surface area contributed by atoms with Gasteiger partial charge in [-0.3, -0.25) is 0 Å². The lowest BCUT2D eigenvalue weighted by Crippen LogP contribution is -2.22. The molecule has 0 aromatic heterocycles. The Labute approximate surface area is 62.8 Å². The Kier molecular flexibility index (Phi) is 4.06. The minimum Gasteiger partial charge on any atom is -0.361 e.